The minimum atomic E-state index is -3.54. The van der Waals surface area contributed by atoms with Crippen molar-refractivity contribution in [3.8, 4) is 0 Å². The fourth-order valence-corrected chi connectivity index (χ4v) is 5.48. The summed E-state index contributed by atoms with van der Waals surface area (Å²) in [5.74, 6) is 0. The van der Waals surface area contributed by atoms with Crippen molar-refractivity contribution in [1.29, 1.82) is 0 Å². The van der Waals surface area contributed by atoms with Gasteiger partial charge in [-0.15, -0.1) is 0 Å². The van der Waals surface area contributed by atoms with Gasteiger partial charge in [-0.1, -0.05) is 18.0 Å². The van der Waals surface area contributed by atoms with Gasteiger partial charge in [-0.25, -0.2) is 13.1 Å². The molecule has 0 amide bonds. The van der Waals surface area contributed by atoms with Gasteiger partial charge < -0.3 is 0 Å². The number of fused-ring (bicyclic) bond motifs is 1. The Labute approximate surface area is 175 Å². The first-order valence-corrected chi connectivity index (χ1v) is 11.8. The van der Waals surface area contributed by atoms with E-state index in [1.54, 1.807) is 18.2 Å². The summed E-state index contributed by atoms with van der Waals surface area (Å²) in [5.41, 5.74) is 2.04. The fourth-order valence-electron chi connectivity index (χ4n) is 3.94. The van der Waals surface area contributed by atoms with Gasteiger partial charge in [-0.2, -0.15) is 9.40 Å². The van der Waals surface area contributed by atoms with E-state index >= 15 is 0 Å². The highest BCUT2D eigenvalue weighted by Gasteiger charge is 2.28. The summed E-state index contributed by atoms with van der Waals surface area (Å²) < 4.78 is 28.6. The summed E-state index contributed by atoms with van der Waals surface area (Å²) >= 11 is 5.86. The lowest BCUT2D eigenvalue weighted by Crippen LogP contribution is -2.49. The second kappa shape index (κ2) is 8.55. The molecule has 0 spiro atoms. The second-order valence-electron chi connectivity index (χ2n) is 7.63. The maximum atomic E-state index is 12.8. The van der Waals surface area contributed by atoms with Gasteiger partial charge in [0.15, 0.2) is 0 Å². The van der Waals surface area contributed by atoms with Crippen molar-refractivity contribution in [2.75, 3.05) is 26.2 Å². The summed E-state index contributed by atoms with van der Waals surface area (Å²) in [7, 11) is -3.54. The Morgan fingerprint density at radius 3 is 2.38 bits per heavy atom. The van der Waals surface area contributed by atoms with Gasteiger partial charge >= 0.3 is 0 Å². The number of hydrogen-bond donors (Lipinski definition) is 0. The molecule has 9 heteroatoms. The van der Waals surface area contributed by atoms with E-state index in [1.807, 2.05) is 0 Å². The molecule has 1 aromatic heterocycles. The van der Waals surface area contributed by atoms with Crippen molar-refractivity contribution in [1.82, 2.24) is 19.0 Å². The van der Waals surface area contributed by atoms with Crippen LogP contribution in [0.4, 0.5) is 0 Å². The topological polar surface area (TPSA) is 75.5 Å². The van der Waals surface area contributed by atoms with Crippen LogP contribution in [-0.2, 0) is 29.5 Å². The largest absolute Gasteiger partial charge is 0.282 e. The third kappa shape index (κ3) is 4.55. The SMILES string of the molecule is O=c1cc2c(nn1CN1CCN(S(=O)(=O)c3ccc(Cl)cc3)CC1)CCCCC2. The Bertz CT molecular complexity index is 1030. The molecule has 0 unspecified atom stereocenters. The summed E-state index contributed by atoms with van der Waals surface area (Å²) in [4.78, 5) is 14.8. The van der Waals surface area contributed by atoms with E-state index in [4.69, 9.17) is 11.6 Å². The molecular formula is C20H25ClN4O3S. The highest BCUT2D eigenvalue weighted by molar-refractivity contribution is 7.89. The van der Waals surface area contributed by atoms with Crippen LogP contribution in [-0.4, -0.2) is 53.6 Å². The molecule has 2 heterocycles. The molecule has 0 N–H and O–H groups in total. The van der Waals surface area contributed by atoms with Gasteiger partial charge in [-0.3, -0.25) is 9.69 Å². The molecule has 4 rings (SSSR count). The molecule has 0 bridgehead atoms. The van der Waals surface area contributed by atoms with Crippen LogP contribution in [0.1, 0.15) is 30.5 Å². The molecule has 2 aromatic rings. The lowest BCUT2D eigenvalue weighted by Gasteiger charge is -2.33. The van der Waals surface area contributed by atoms with Crippen LogP contribution in [0.3, 0.4) is 0 Å². The number of sulfonamides is 1. The Hall–Kier alpha value is -1.74. The Balaban J connectivity index is 1.42. The number of aryl methyl sites for hydroxylation is 2. The van der Waals surface area contributed by atoms with Gasteiger partial charge in [-0.05, 0) is 55.5 Å². The molecule has 1 saturated heterocycles. The molecule has 1 aliphatic heterocycles. The average molecular weight is 437 g/mol. The summed E-state index contributed by atoms with van der Waals surface area (Å²) in [6.07, 6.45) is 5.25. The molecule has 2 aliphatic rings. The Morgan fingerprint density at radius 1 is 0.966 bits per heavy atom. The highest BCUT2D eigenvalue weighted by Crippen LogP contribution is 2.20. The summed E-state index contributed by atoms with van der Waals surface area (Å²) in [6, 6.07) is 7.96. The molecule has 0 saturated carbocycles. The van der Waals surface area contributed by atoms with Crippen LogP contribution in [0.2, 0.25) is 5.02 Å². The average Bonchev–Trinajstić information content (AvgIpc) is 2.94. The minimum absolute atomic E-state index is 0.0816. The Kier molecular flexibility index (Phi) is 6.06. The van der Waals surface area contributed by atoms with Gasteiger partial charge in [0.25, 0.3) is 5.56 Å². The van der Waals surface area contributed by atoms with Crippen molar-refractivity contribution in [2.24, 2.45) is 0 Å². The van der Waals surface area contributed by atoms with Crippen molar-refractivity contribution in [2.45, 2.75) is 43.7 Å². The predicted octanol–water partition coefficient (Wildman–Crippen LogP) is 2.13. The molecule has 7 nitrogen and oxygen atoms in total. The lowest BCUT2D eigenvalue weighted by molar-refractivity contribution is 0.142. The maximum Gasteiger partial charge on any atom is 0.268 e. The van der Waals surface area contributed by atoms with Crippen LogP contribution in [0.25, 0.3) is 0 Å². The van der Waals surface area contributed by atoms with Crippen LogP contribution in [0.15, 0.2) is 40.0 Å². The van der Waals surface area contributed by atoms with Crippen LogP contribution in [0.5, 0.6) is 0 Å². The standard InChI is InChI=1S/C20H25ClN4O3S/c21-17-6-8-18(9-7-17)29(27,28)24-12-10-23(11-13-24)15-25-20(26)14-16-4-2-1-3-5-19(16)22-25/h6-9,14H,1-5,10-13,15H2. The quantitative estimate of drug-likeness (QED) is 0.686. The first-order valence-electron chi connectivity index (χ1n) is 10.0. The highest BCUT2D eigenvalue weighted by atomic mass is 35.5. The molecule has 1 fully saturated rings. The van der Waals surface area contributed by atoms with Gasteiger partial charge in [0.1, 0.15) is 0 Å². The second-order valence-corrected chi connectivity index (χ2v) is 10.0. The predicted molar refractivity (Wildman–Crippen MR) is 112 cm³/mol. The van der Waals surface area contributed by atoms with E-state index in [-0.39, 0.29) is 10.5 Å². The number of benzene rings is 1. The van der Waals surface area contributed by atoms with E-state index in [1.165, 1.54) is 27.5 Å². The minimum Gasteiger partial charge on any atom is -0.282 e. The summed E-state index contributed by atoms with van der Waals surface area (Å²) in [5, 5.41) is 5.12. The third-order valence-corrected chi connectivity index (χ3v) is 7.81. The molecular weight excluding hydrogens is 412 g/mol. The van der Waals surface area contributed by atoms with E-state index < -0.39 is 10.0 Å². The molecule has 156 valence electrons. The zero-order valence-electron chi connectivity index (χ0n) is 16.3. The van der Waals surface area contributed by atoms with E-state index in [9.17, 15) is 13.2 Å². The fraction of sp³-hybridized carbons (Fsp3) is 0.500. The molecule has 1 aromatic carbocycles. The summed E-state index contributed by atoms with van der Waals surface area (Å²) in [6.45, 7) is 2.26. The van der Waals surface area contributed by atoms with E-state index in [2.05, 4.69) is 10.00 Å². The number of halogens is 1. The Morgan fingerprint density at radius 2 is 1.66 bits per heavy atom. The first-order chi connectivity index (χ1) is 13.9. The monoisotopic (exact) mass is 436 g/mol. The number of piperazine rings is 1. The molecule has 0 radical (unpaired) electrons. The zero-order valence-corrected chi connectivity index (χ0v) is 17.8. The smallest absolute Gasteiger partial charge is 0.268 e. The van der Waals surface area contributed by atoms with Crippen molar-refractivity contribution in [3.05, 3.63) is 57.0 Å². The van der Waals surface area contributed by atoms with Crippen molar-refractivity contribution < 1.29 is 8.42 Å². The molecule has 1 aliphatic carbocycles. The zero-order chi connectivity index (χ0) is 20.4. The number of nitrogens with zero attached hydrogens (tertiary/aromatic N) is 4. The molecule has 0 atom stereocenters. The molecule has 29 heavy (non-hydrogen) atoms. The normalized spacial score (nSPS) is 18.9. The first kappa shape index (κ1) is 20.5. The van der Waals surface area contributed by atoms with E-state index in [0.29, 0.717) is 37.9 Å². The maximum absolute atomic E-state index is 12.8. The van der Waals surface area contributed by atoms with Crippen LogP contribution >= 0.6 is 11.6 Å². The van der Waals surface area contributed by atoms with Gasteiger partial charge in [0.2, 0.25) is 10.0 Å². The number of rotatable bonds is 4. The van der Waals surface area contributed by atoms with Crippen LogP contribution in [0, 0.1) is 0 Å². The van der Waals surface area contributed by atoms with E-state index in [0.717, 1.165) is 36.9 Å². The lowest BCUT2D eigenvalue weighted by atomic mass is 10.1. The van der Waals surface area contributed by atoms with Gasteiger partial charge in [0.05, 0.1) is 17.3 Å². The number of aromatic nitrogens is 2. The van der Waals surface area contributed by atoms with Gasteiger partial charge in [0, 0.05) is 37.3 Å². The van der Waals surface area contributed by atoms with Crippen LogP contribution < -0.4 is 5.56 Å². The third-order valence-electron chi connectivity index (χ3n) is 5.64. The van der Waals surface area contributed by atoms with Crippen molar-refractivity contribution >= 4 is 21.6 Å². The number of hydrogen-bond acceptors (Lipinski definition) is 5. The van der Waals surface area contributed by atoms with Crippen molar-refractivity contribution in [3.63, 3.8) is 0 Å².